The van der Waals surface area contributed by atoms with Crippen molar-refractivity contribution in [3.8, 4) is 0 Å². The molecule has 4 N–H and O–H groups in total. The number of nitrogens with one attached hydrogen (secondary N) is 4. The van der Waals surface area contributed by atoms with Gasteiger partial charge in [-0.05, 0) is 48.0 Å². The van der Waals surface area contributed by atoms with Gasteiger partial charge in [0.1, 0.15) is 5.82 Å². The Morgan fingerprint density at radius 3 is 2.87 bits per heavy atom. The molecule has 0 unspecified atom stereocenters. The first-order valence-electron chi connectivity index (χ1n) is 9.84. The number of pyridine rings is 1. The standard InChI is InChI=1S/C23H22N6O/c1-23(2)13-25-20-11-16(7-8-18(20)23)28-22(30)17-4-3-9-24-21(17)27-15-6-5-14-12-26-29-19(14)10-15/h3-12,25H,13H2,1-2H3,(H,24,27)(H,26,29)(H,28,30). The second-order valence-corrected chi connectivity index (χ2v) is 8.15. The molecule has 4 aromatic rings. The molecule has 0 spiro atoms. The predicted octanol–water partition coefficient (Wildman–Crippen LogP) is 4.66. The monoisotopic (exact) mass is 398 g/mol. The normalized spacial score (nSPS) is 14.2. The van der Waals surface area contributed by atoms with Crippen LogP contribution in [-0.4, -0.2) is 27.6 Å². The molecular weight excluding hydrogens is 376 g/mol. The highest BCUT2D eigenvalue weighted by Crippen LogP contribution is 2.37. The second kappa shape index (κ2) is 6.88. The van der Waals surface area contributed by atoms with Gasteiger partial charge in [0.25, 0.3) is 5.91 Å². The Hall–Kier alpha value is -3.87. The van der Waals surface area contributed by atoms with Gasteiger partial charge in [-0.25, -0.2) is 4.98 Å². The summed E-state index contributed by atoms with van der Waals surface area (Å²) in [7, 11) is 0. The van der Waals surface area contributed by atoms with Crippen molar-refractivity contribution in [2.45, 2.75) is 19.3 Å². The fourth-order valence-electron chi connectivity index (χ4n) is 3.81. The van der Waals surface area contributed by atoms with Crippen LogP contribution in [0, 0.1) is 0 Å². The van der Waals surface area contributed by atoms with Gasteiger partial charge < -0.3 is 16.0 Å². The Balaban J connectivity index is 1.39. The minimum Gasteiger partial charge on any atom is -0.384 e. The van der Waals surface area contributed by atoms with E-state index in [0.717, 1.165) is 34.5 Å². The molecule has 2 aromatic carbocycles. The lowest BCUT2D eigenvalue weighted by molar-refractivity contribution is 0.102. The van der Waals surface area contributed by atoms with Crippen LogP contribution in [-0.2, 0) is 5.41 Å². The number of benzene rings is 2. The van der Waals surface area contributed by atoms with Gasteiger partial charge in [0, 0.05) is 40.6 Å². The maximum Gasteiger partial charge on any atom is 0.259 e. The van der Waals surface area contributed by atoms with E-state index in [0.29, 0.717) is 11.4 Å². The third-order valence-electron chi connectivity index (χ3n) is 5.48. The summed E-state index contributed by atoms with van der Waals surface area (Å²) in [6, 6.07) is 15.3. The number of aromatic nitrogens is 3. The number of carbonyl (C=O) groups is 1. The molecule has 1 aliphatic heterocycles. The highest BCUT2D eigenvalue weighted by molar-refractivity contribution is 6.08. The molecule has 150 valence electrons. The van der Waals surface area contributed by atoms with Crippen LogP contribution >= 0.6 is 0 Å². The molecule has 0 fully saturated rings. The van der Waals surface area contributed by atoms with Gasteiger partial charge in [-0.15, -0.1) is 0 Å². The first-order chi connectivity index (χ1) is 14.5. The number of anilines is 4. The fourth-order valence-corrected chi connectivity index (χ4v) is 3.81. The van der Waals surface area contributed by atoms with E-state index in [2.05, 4.69) is 51.0 Å². The van der Waals surface area contributed by atoms with Gasteiger partial charge in [-0.3, -0.25) is 9.89 Å². The van der Waals surface area contributed by atoms with Crippen LogP contribution in [0.25, 0.3) is 10.9 Å². The van der Waals surface area contributed by atoms with Gasteiger partial charge in [0.2, 0.25) is 0 Å². The second-order valence-electron chi connectivity index (χ2n) is 8.15. The van der Waals surface area contributed by atoms with Crippen molar-refractivity contribution in [1.29, 1.82) is 0 Å². The third-order valence-corrected chi connectivity index (χ3v) is 5.48. The smallest absolute Gasteiger partial charge is 0.259 e. The van der Waals surface area contributed by atoms with Crippen LogP contribution < -0.4 is 16.0 Å². The maximum atomic E-state index is 13.0. The highest BCUT2D eigenvalue weighted by atomic mass is 16.1. The summed E-state index contributed by atoms with van der Waals surface area (Å²) in [6.45, 7) is 5.30. The number of amides is 1. The lowest BCUT2D eigenvalue weighted by Crippen LogP contribution is -2.18. The Morgan fingerprint density at radius 1 is 1.10 bits per heavy atom. The van der Waals surface area contributed by atoms with E-state index in [9.17, 15) is 4.79 Å². The zero-order valence-corrected chi connectivity index (χ0v) is 16.8. The molecule has 0 atom stereocenters. The van der Waals surface area contributed by atoms with Gasteiger partial charge in [-0.1, -0.05) is 19.9 Å². The molecule has 1 amide bonds. The summed E-state index contributed by atoms with van der Waals surface area (Å²) in [4.78, 5) is 17.4. The number of hydrogen-bond acceptors (Lipinski definition) is 5. The minimum atomic E-state index is -0.217. The largest absolute Gasteiger partial charge is 0.384 e. The van der Waals surface area contributed by atoms with Gasteiger partial charge in [-0.2, -0.15) is 5.10 Å². The van der Waals surface area contributed by atoms with Crippen LogP contribution in [0.15, 0.2) is 60.9 Å². The van der Waals surface area contributed by atoms with Crippen molar-refractivity contribution in [1.82, 2.24) is 15.2 Å². The first-order valence-corrected chi connectivity index (χ1v) is 9.84. The molecule has 5 rings (SSSR count). The number of carbonyl (C=O) groups excluding carboxylic acids is 1. The summed E-state index contributed by atoms with van der Waals surface area (Å²) < 4.78 is 0. The average molecular weight is 398 g/mol. The fraction of sp³-hybridized carbons (Fsp3) is 0.174. The predicted molar refractivity (Wildman–Crippen MR) is 120 cm³/mol. The molecular formula is C23H22N6O. The van der Waals surface area contributed by atoms with Crippen LogP contribution in [0.4, 0.5) is 22.9 Å². The Labute approximate surface area is 173 Å². The van der Waals surface area contributed by atoms with E-state index >= 15 is 0 Å². The molecule has 3 heterocycles. The highest BCUT2D eigenvalue weighted by Gasteiger charge is 2.29. The maximum absolute atomic E-state index is 13.0. The average Bonchev–Trinajstić information content (AvgIpc) is 3.32. The van der Waals surface area contributed by atoms with Crippen molar-refractivity contribution in [2.75, 3.05) is 22.5 Å². The quantitative estimate of drug-likeness (QED) is 0.401. The van der Waals surface area contributed by atoms with Gasteiger partial charge in [0.05, 0.1) is 17.3 Å². The topological polar surface area (TPSA) is 94.7 Å². The minimum absolute atomic E-state index is 0.0913. The zero-order chi connectivity index (χ0) is 20.7. The number of aromatic amines is 1. The Bertz CT molecular complexity index is 1260. The molecule has 0 aliphatic carbocycles. The van der Waals surface area contributed by atoms with Crippen molar-refractivity contribution in [2.24, 2.45) is 0 Å². The summed E-state index contributed by atoms with van der Waals surface area (Å²) >= 11 is 0. The van der Waals surface area contributed by atoms with Crippen molar-refractivity contribution in [3.63, 3.8) is 0 Å². The number of H-pyrrole nitrogens is 1. The SMILES string of the molecule is CC1(C)CNc2cc(NC(=O)c3cccnc3Nc3ccc4cn[nH]c4c3)ccc21. The summed E-state index contributed by atoms with van der Waals surface area (Å²) in [5.41, 5.74) is 5.37. The van der Waals surface area contributed by atoms with E-state index in [1.54, 1.807) is 24.5 Å². The molecule has 0 saturated heterocycles. The molecule has 1 aliphatic rings. The number of fused-ring (bicyclic) bond motifs is 2. The molecule has 7 nitrogen and oxygen atoms in total. The van der Waals surface area contributed by atoms with Gasteiger partial charge >= 0.3 is 0 Å². The van der Waals surface area contributed by atoms with E-state index in [1.165, 1.54) is 5.56 Å². The molecule has 0 saturated carbocycles. The zero-order valence-electron chi connectivity index (χ0n) is 16.8. The molecule has 30 heavy (non-hydrogen) atoms. The van der Waals surface area contributed by atoms with Crippen LogP contribution in [0.5, 0.6) is 0 Å². The summed E-state index contributed by atoms with van der Waals surface area (Å²) in [5, 5.41) is 17.7. The van der Waals surface area contributed by atoms with Crippen LogP contribution in [0.1, 0.15) is 29.8 Å². The third kappa shape index (κ3) is 3.24. The van der Waals surface area contributed by atoms with Crippen LogP contribution in [0.2, 0.25) is 0 Å². The molecule has 7 heteroatoms. The first kappa shape index (κ1) is 18.2. The number of rotatable bonds is 4. The molecule has 0 bridgehead atoms. The van der Waals surface area contributed by atoms with Crippen LogP contribution in [0.3, 0.4) is 0 Å². The number of hydrogen-bond donors (Lipinski definition) is 4. The van der Waals surface area contributed by atoms with Crippen molar-refractivity contribution in [3.05, 3.63) is 72.1 Å². The molecule has 2 aromatic heterocycles. The Morgan fingerprint density at radius 2 is 1.97 bits per heavy atom. The van der Waals surface area contributed by atoms with Crippen molar-refractivity contribution < 1.29 is 4.79 Å². The lowest BCUT2D eigenvalue weighted by atomic mass is 9.87. The van der Waals surface area contributed by atoms with E-state index in [-0.39, 0.29) is 11.3 Å². The van der Waals surface area contributed by atoms with E-state index in [4.69, 9.17) is 0 Å². The number of nitrogens with zero attached hydrogens (tertiary/aromatic N) is 2. The van der Waals surface area contributed by atoms with E-state index in [1.807, 2.05) is 30.3 Å². The molecule has 0 radical (unpaired) electrons. The van der Waals surface area contributed by atoms with E-state index < -0.39 is 0 Å². The van der Waals surface area contributed by atoms with Gasteiger partial charge in [0.15, 0.2) is 0 Å². The van der Waals surface area contributed by atoms with Crippen molar-refractivity contribution >= 4 is 39.7 Å². The lowest BCUT2D eigenvalue weighted by Gasteiger charge is -2.17. The summed E-state index contributed by atoms with van der Waals surface area (Å²) in [5.74, 6) is 0.278. The Kier molecular flexibility index (Phi) is 4.17. The summed E-state index contributed by atoms with van der Waals surface area (Å²) in [6.07, 6.45) is 3.43.